The lowest BCUT2D eigenvalue weighted by Gasteiger charge is -2.29. The van der Waals surface area contributed by atoms with Gasteiger partial charge in [0.05, 0.1) is 25.2 Å². The predicted octanol–water partition coefficient (Wildman–Crippen LogP) is 3.33. The number of aromatic nitrogens is 4. The van der Waals surface area contributed by atoms with Crippen molar-refractivity contribution < 1.29 is 23.8 Å². The van der Waals surface area contributed by atoms with Crippen molar-refractivity contribution in [3.63, 3.8) is 0 Å². The largest absolute Gasteiger partial charge is 0.467 e. The molecule has 2 aromatic heterocycles. The predicted molar refractivity (Wildman–Crippen MR) is 115 cm³/mol. The van der Waals surface area contributed by atoms with Gasteiger partial charge in [0, 0.05) is 24.0 Å². The van der Waals surface area contributed by atoms with Gasteiger partial charge in [0.1, 0.15) is 11.7 Å². The zero-order chi connectivity index (χ0) is 23.1. The highest BCUT2D eigenvalue weighted by atomic mass is 16.6. The van der Waals surface area contributed by atoms with Crippen LogP contribution in [-0.2, 0) is 9.47 Å². The molecule has 1 aliphatic rings. The first-order valence-electron chi connectivity index (χ1n) is 10.4. The Kier molecular flexibility index (Phi) is 7.39. The van der Waals surface area contributed by atoms with Gasteiger partial charge in [-0.25, -0.2) is 24.5 Å². The molecule has 0 spiro atoms. The molecule has 2 N–H and O–H groups in total. The molecule has 1 fully saturated rings. The molecular formula is C21H28N6O5. The lowest BCUT2D eigenvalue weighted by Crippen LogP contribution is -2.42. The molecule has 172 valence electrons. The number of carbonyl (C=O) groups excluding carboxylic acids is 2. The van der Waals surface area contributed by atoms with Crippen LogP contribution in [0.15, 0.2) is 24.8 Å². The van der Waals surface area contributed by atoms with Gasteiger partial charge < -0.3 is 19.5 Å². The zero-order valence-corrected chi connectivity index (χ0v) is 18.6. The minimum atomic E-state index is -0.594. The van der Waals surface area contributed by atoms with Crippen LogP contribution in [0.2, 0.25) is 0 Å². The standard InChI is InChI=1S/C21H28N6O5/c1-21(2,3)32-20(29)26-14-5-7-15(8-6-14)31-19(28)27-17-12-22-16(11-23-17)13-9-24-18(30-4)25-10-13/h9-12,14-15H,5-8H2,1-4H3,(H,26,29)(H,23,27,28)/t14-,15-. The number of carbonyl (C=O) groups is 2. The molecule has 2 heterocycles. The van der Waals surface area contributed by atoms with Crippen LogP contribution in [-0.4, -0.2) is 57.0 Å². The van der Waals surface area contributed by atoms with Crippen molar-refractivity contribution in [1.82, 2.24) is 25.3 Å². The minimum Gasteiger partial charge on any atom is -0.467 e. The summed E-state index contributed by atoms with van der Waals surface area (Å²) in [7, 11) is 1.49. The maximum absolute atomic E-state index is 12.2. The number of nitrogens with zero attached hydrogens (tertiary/aromatic N) is 4. The summed E-state index contributed by atoms with van der Waals surface area (Å²) in [5, 5.41) is 5.44. The molecular weight excluding hydrogens is 416 g/mol. The summed E-state index contributed by atoms with van der Waals surface area (Å²) in [5.41, 5.74) is 0.693. The van der Waals surface area contributed by atoms with E-state index in [-0.39, 0.29) is 24.0 Å². The molecule has 2 amide bonds. The van der Waals surface area contributed by atoms with E-state index in [0.717, 1.165) is 0 Å². The average molecular weight is 444 g/mol. The molecule has 0 saturated heterocycles. The van der Waals surface area contributed by atoms with Gasteiger partial charge >= 0.3 is 18.2 Å². The molecule has 0 aliphatic heterocycles. The van der Waals surface area contributed by atoms with Crippen LogP contribution in [0.5, 0.6) is 6.01 Å². The molecule has 1 aliphatic carbocycles. The Balaban J connectivity index is 1.42. The van der Waals surface area contributed by atoms with Gasteiger partial charge in [-0.1, -0.05) is 0 Å². The van der Waals surface area contributed by atoms with Crippen LogP contribution in [0, 0.1) is 0 Å². The quantitative estimate of drug-likeness (QED) is 0.711. The lowest BCUT2D eigenvalue weighted by molar-refractivity contribution is 0.0440. The second-order valence-corrected chi connectivity index (χ2v) is 8.40. The highest BCUT2D eigenvalue weighted by Gasteiger charge is 2.26. The van der Waals surface area contributed by atoms with E-state index in [0.29, 0.717) is 36.9 Å². The van der Waals surface area contributed by atoms with Gasteiger partial charge in [-0.3, -0.25) is 10.3 Å². The average Bonchev–Trinajstić information content (AvgIpc) is 2.74. The normalized spacial score (nSPS) is 18.4. The number of hydrogen-bond donors (Lipinski definition) is 2. The van der Waals surface area contributed by atoms with Gasteiger partial charge in [0.2, 0.25) is 0 Å². The number of ether oxygens (including phenoxy) is 3. The third-order valence-corrected chi connectivity index (χ3v) is 4.66. The van der Waals surface area contributed by atoms with Gasteiger partial charge in [-0.15, -0.1) is 0 Å². The van der Waals surface area contributed by atoms with Crippen LogP contribution >= 0.6 is 0 Å². The SMILES string of the molecule is COc1ncc(-c2cnc(NC(=O)O[C@H]3CC[C@H](NC(=O)OC(C)(C)C)CC3)cn2)cn1. The van der Waals surface area contributed by atoms with E-state index in [2.05, 4.69) is 30.6 Å². The first-order chi connectivity index (χ1) is 15.2. The number of nitrogens with one attached hydrogen (secondary N) is 2. The van der Waals surface area contributed by atoms with Crippen molar-refractivity contribution in [3.05, 3.63) is 24.8 Å². The van der Waals surface area contributed by atoms with Crippen molar-refractivity contribution in [3.8, 4) is 17.3 Å². The smallest absolute Gasteiger partial charge is 0.413 e. The molecule has 0 aromatic carbocycles. The monoisotopic (exact) mass is 444 g/mol. The topological polar surface area (TPSA) is 137 Å². The Hall–Kier alpha value is -3.50. The summed E-state index contributed by atoms with van der Waals surface area (Å²) in [6.45, 7) is 5.46. The fraction of sp³-hybridized carbons (Fsp3) is 0.524. The van der Waals surface area contributed by atoms with Gasteiger partial charge in [0.25, 0.3) is 0 Å². The Morgan fingerprint density at radius 1 is 0.938 bits per heavy atom. The molecule has 11 heteroatoms. The molecule has 0 bridgehead atoms. The second kappa shape index (κ2) is 10.2. The minimum absolute atomic E-state index is 0.00751. The molecule has 0 unspecified atom stereocenters. The van der Waals surface area contributed by atoms with E-state index in [9.17, 15) is 9.59 Å². The van der Waals surface area contributed by atoms with E-state index >= 15 is 0 Å². The molecule has 0 radical (unpaired) electrons. The third-order valence-electron chi connectivity index (χ3n) is 4.66. The zero-order valence-electron chi connectivity index (χ0n) is 18.6. The van der Waals surface area contributed by atoms with Crippen molar-refractivity contribution in [1.29, 1.82) is 0 Å². The van der Waals surface area contributed by atoms with Gasteiger partial charge in [0.15, 0.2) is 5.82 Å². The third kappa shape index (κ3) is 7.03. The second-order valence-electron chi connectivity index (χ2n) is 8.40. The maximum atomic E-state index is 12.2. The number of methoxy groups -OCH3 is 1. The Labute approximate surface area is 186 Å². The number of anilines is 1. The summed E-state index contributed by atoms with van der Waals surface area (Å²) in [6, 6.07) is 0.269. The number of amides is 2. The fourth-order valence-electron chi connectivity index (χ4n) is 3.18. The van der Waals surface area contributed by atoms with E-state index in [4.69, 9.17) is 14.2 Å². The summed E-state index contributed by atoms with van der Waals surface area (Å²) < 4.78 is 15.7. The summed E-state index contributed by atoms with van der Waals surface area (Å²) in [5.74, 6) is 0.272. The van der Waals surface area contributed by atoms with E-state index in [1.54, 1.807) is 12.4 Å². The first-order valence-corrected chi connectivity index (χ1v) is 10.4. The van der Waals surface area contributed by atoms with Gasteiger partial charge in [-0.2, -0.15) is 0 Å². The van der Waals surface area contributed by atoms with Crippen LogP contribution in [0.25, 0.3) is 11.3 Å². The molecule has 1 saturated carbocycles. The van der Waals surface area contributed by atoms with Crippen LogP contribution in [0.4, 0.5) is 15.4 Å². The van der Waals surface area contributed by atoms with E-state index in [1.165, 1.54) is 19.5 Å². The van der Waals surface area contributed by atoms with Crippen molar-refractivity contribution >= 4 is 18.0 Å². The van der Waals surface area contributed by atoms with Gasteiger partial charge in [-0.05, 0) is 46.5 Å². The van der Waals surface area contributed by atoms with E-state index in [1.807, 2.05) is 20.8 Å². The number of rotatable bonds is 5. The first kappa shape index (κ1) is 23.2. The van der Waals surface area contributed by atoms with Crippen LogP contribution in [0.1, 0.15) is 46.5 Å². The lowest BCUT2D eigenvalue weighted by atomic mass is 9.93. The molecule has 0 atom stereocenters. The number of alkyl carbamates (subject to hydrolysis) is 1. The summed E-state index contributed by atoms with van der Waals surface area (Å²) >= 11 is 0. The van der Waals surface area contributed by atoms with Crippen LogP contribution in [0.3, 0.4) is 0 Å². The number of hydrogen-bond acceptors (Lipinski definition) is 9. The molecule has 32 heavy (non-hydrogen) atoms. The molecule has 11 nitrogen and oxygen atoms in total. The van der Waals surface area contributed by atoms with Crippen molar-refractivity contribution in [2.24, 2.45) is 0 Å². The highest BCUT2D eigenvalue weighted by molar-refractivity contribution is 5.83. The molecule has 3 rings (SSSR count). The summed E-state index contributed by atoms with van der Waals surface area (Å²) in [6.07, 6.45) is 7.55. The Morgan fingerprint density at radius 2 is 1.62 bits per heavy atom. The highest BCUT2D eigenvalue weighted by Crippen LogP contribution is 2.22. The van der Waals surface area contributed by atoms with Crippen LogP contribution < -0.4 is 15.4 Å². The maximum Gasteiger partial charge on any atom is 0.413 e. The molecule has 2 aromatic rings. The van der Waals surface area contributed by atoms with Crippen molar-refractivity contribution in [2.45, 2.75) is 64.2 Å². The van der Waals surface area contributed by atoms with E-state index < -0.39 is 17.8 Å². The Morgan fingerprint density at radius 3 is 2.19 bits per heavy atom. The van der Waals surface area contributed by atoms with Crippen molar-refractivity contribution in [2.75, 3.05) is 12.4 Å². The fourth-order valence-corrected chi connectivity index (χ4v) is 3.18. The summed E-state index contributed by atoms with van der Waals surface area (Å²) in [4.78, 5) is 40.6. The Bertz CT molecular complexity index is 906.